The van der Waals surface area contributed by atoms with Crippen molar-refractivity contribution in [2.24, 2.45) is 0 Å². The van der Waals surface area contributed by atoms with E-state index in [-0.39, 0.29) is 11.5 Å². The molecule has 0 saturated heterocycles. The minimum absolute atomic E-state index is 0.0162. The van der Waals surface area contributed by atoms with Crippen molar-refractivity contribution in [3.8, 4) is 16.9 Å². The molecule has 0 bridgehead atoms. The van der Waals surface area contributed by atoms with Gasteiger partial charge in [0.2, 0.25) is 0 Å². The van der Waals surface area contributed by atoms with Crippen LogP contribution in [0.5, 0.6) is 5.75 Å². The number of benzene rings is 2. The quantitative estimate of drug-likeness (QED) is 0.801. The number of aromatic hydroxyl groups is 1. The van der Waals surface area contributed by atoms with Gasteiger partial charge in [-0.05, 0) is 47.2 Å². The normalized spacial score (nSPS) is 10.6. The highest BCUT2D eigenvalue weighted by atomic mass is 16.3. The Hall–Kier alpha value is -2.09. The van der Waals surface area contributed by atoms with Crippen molar-refractivity contribution < 1.29 is 9.90 Å². The fourth-order valence-corrected chi connectivity index (χ4v) is 2.68. The predicted molar refractivity (Wildman–Crippen MR) is 86.9 cm³/mol. The van der Waals surface area contributed by atoms with Crippen molar-refractivity contribution in [3.63, 3.8) is 0 Å². The van der Waals surface area contributed by atoms with Gasteiger partial charge in [-0.1, -0.05) is 45.0 Å². The molecule has 0 heterocycles. The monoisotopic (exact) mass is 282 g/mol. The van der Waals surface area contributed by atoms with Gasteiger partial charge in [0.1, 0.15) is 5.75 Å². The van der Waals surface area contributed by atoms with Crippen LogP contribution in [-0.4, -0.2) is 10.9 Å². The molecule has 21 heavy (non-hydrogen) atoms. The molecular weight excluding hydrogens is 260 g/mol. The van der Waals surface area contributed by atoms with Crippen molar-refractivity contribution in [2.45, 2.75) is 40.0 Å². The van der Waals surface area contributed by atoms with E-state index in [4.69, 9.17) is 0 Å². The van der Waals surface area contributed by atoms with Gasteiger partial charge in [-0.3, -0.25) is 4.79 Å². The second-order valence-electron chi connectivity index (χ2n) is 5.17. The van der Waals surface area contributed by atoms with Gasteiger partial charge in [0.05, 0.1) is 5.56 Å². The van der Waals surface area contributed by atoms with Crippen molar-refractivity contribution in [2.75, 3.05) is 0 Å². The summed E-state index contributed by atoms with van der Waals surface area (Å²) in [6.07, 6.45) is 2.18. The first-order chi connectivity index (χ1) is 10.1. The lowest BCUT2D eigenvalue weighted by molar-refractivity contribution is 0.0985. The third-order valence-corrected chi connectivity index (χ3v) is 3.91. The number of ketones is 1. The standard InChI is InChI=1S/C19H22O2/c1-4-13-9-7-8-10-15(13)16-12-19(21)17(18(20)6-3)11-14(16)5-2/h7-12,21H,4-6H2,1-3H3. The Morgan fingerprint density at radius 2 is 1.62 bits per heavy atom. The Labute approximate surface area is 126 Å². The van der Waals surface area contributed by atoms with Crippen LogP contribution >= 0.6 is 0 Å². The topological polar surface area (TPSA) is 37.3 Å². The van der Waals surface area contributed by atoms with Gasteiger partial charge in [-0.2, -0.15) is 0 Å². The number of aryl methyl sites for hydroxylation is 2. The SMILES string of the molecule is CCC(=O)c1cc(CC)c(-c2ccccc2CC)cc1O. The van der Waals surface area contributed by atoms with Crippen molar-refractivity contribution in [1.29, 1.82) is 0 Å². The molecule has 2 aromatic carbocycles. The van der Waals surface area contributed by atoms with E-state index < -0.39 is 0 Å². The minimum atomic E-state index is -0.0162. The number of phenolic OH excluding ortho intramolecular Hbond substituents is 1. The third-order valence-electron chi connectivity index (χ3n) is 3.91. The fraction of sp³-hybridized carbons (Fsp3) is 0.316. The highest BCUT2D eigenvalue weighted by Crippen LogP contribution is 2.33. The minimum Gasteiger partial charge on any atom is -0.507 e. The number of hydrogen-bond acceptors (Lipinski definition) is 2. The van der Waals surface area contributed by atoms with Crippen LogP contribution < -0.4 is 0 Å². The molecular formula is C19H22O2. The van der Waals surface area contributed by atoms with Gasteiger partial charge in [-0.25, -0.2) is 0 Å². The summed E-state index contributed by atoms with van der Waals surface area (Å²) in [5.41, 5.74) is 4.96. The number of phenols is 1. The molecule has 2 aromatic rings. The van der Waals surface area contributed by atoms with Crippen molar-refractivity contribution in [3.05, 3.63) is 53.1 Å². The molecule has 0 aromatic heterocycles. The molecule has 110 valence electrons. The summed E-state index contributed by atoms with van der Waals surface area (Å²) < 4.78 is 0. The zero-order valence-electron chi connectivity index (χ0n) is 12.9. The maximum atomic E-state index is 11.9. The second kappa shape index (κ2) is 6.57. The molecule has 0 aliphatic rings. The summed E-state index contributed by atoms with van der Waals surface area (Å²) in [5, 5.41) is 10.2. The summed E-state index contributed by atoms with van der Waals surface area (Å²) in [6, 6.07) is 11.8. The lowest BCUT2D eigenvalue weighted by Crippen LogP contribution is -2.01. The fourth-order valence-electron chi connectivity index (χ4n) is 2.68. The predicted octanol–water partition coefficient (Wildman–Crippen LogP) is 4.78. The molecule has 2 heteroatoms. The molecule has 0 unspecified atom stereocenters. The van der Waals surface area contributed by atoms with E-state index in [2.05, 4.69) is 26.0 Å². The van der Waals surface area contributed by atoms with E-state index in [0.29, 0.717) is 12.0 Å². The zero-order chi connectivity index (χ0) is 15.4. The van der Waals surface area contributed by atoms with E-state index in [1.165, 1.54) is 5.56 Å². The molecule has 2 rings (SSSR count). The van der Waals surface area contributed by atoms with Gasteiger partial charge in [0.15, 0.2) is 5.78 Å². The lowest BCUT2D eigenvalue weighted by Gasteiger charge is -2.15. The highest BCUT2D eigenvalue weighted by molar-refractivity contribution is 5.99. The lowest BCUT2D eigenvalue weighted by atomic mass is 9.90. The van der Waals surface area contributed by atoms with Crippen LogP contribution in [-0.2, 0) is 12.8 Å². The second-order valence-corrected chi connectivity index (χ2v) is 5.17. The maximum absolute atomic E-state index is 11.9. The summed E-state index contributed by atoms with van der Waals surface area (Å²) >= 11 is 0. The molecule has 2 nitrogen and oxygen atoms in total. The van der Waals surface area contributed by atoms with Crippen LogP contribution in [0.15, 0.2) is 36.4 Å². The number of hydrogen-bond donors (Lipinski definition) is 1. The molecule has 0 radical (unpaired) electrons. The third kappa shape index (κ3) is 2.99. The molecule has 0 amide bonds. The van der Waals surface area contributed by atoms with Crippen LogP contribution in [0.2, 0.25) is 0 Å². The van der Waals surface area contributed by atoms with E-state index in [1.54, 1.807) is 6.07 Å². The van der Waals surface area contributed by atoms with Crippen molar-refractivity contribution in [1.82, 2.24) is 0 Å². The Bertz CT molecular complexity index is 657. The number of carbonyl (C=O) groups is 1. The molecule has 1 N–H and O–H groups in total. The van der Waals surface area contributed by atoms with Crippen LogP contribution in [0.25, 0.3) is 11.1 Å². The molecule has 0 aliphatic carbocycles. The van der Waals surface area contributed by atoms with Gasteiger partial charge >= 0.3 is 0 Å². The Morgan fingerprint density at radius 3 is 2.24 bits per heavy atom. The van der Waals surface area contributed by atoms with Gasteiger partial charge in [0, 0.05) is 6.42 Å². The Balaban J connectivity index is 2.64. The number of rotatable bonds is 5. The van der Waals surface area contributed by atoms with E-state index in [1.807, 2.05) is 25.1 Å². The van der Waals surface area contributed by atoms with E-state index in [0.717, 1.165) is 29.5 Å². The van der Waals surface area contributed by atoms with Gasteiger partial charge in [0.25, 0.3) is 0 Å². The molecule has 0 spiro atoms. The first kappa shape index (κ1) is 15.3. The molecule has 0 saturated carbocycles. The van der Waals surface area contributed by atoms with Crippen molar-refractivity contribution >= 4 is 5.78 Å². The van der Waals surface area contributed by atoms with Crippen LogP contribution in [0.4, 0.5) is 0 Å². The van der Waals surface area contributed by atoms with Crippen LogP contribution in [0.3, 0.4) is 0 Å². The van der Waals surface area contributed by atoms with Crippen LogP contribution in [0.1, 0.15) is 48.7 Å². The molecule has 0 fully saturated rings. The largest absolute Gasteiger partial charge is 0.507 e. The van der Waals surface area contributed by atoms with Crippen LogP contribution in [0, 0.1) is 0 Å². The Kier molecular flexibility index (Phi) is 4.79. The van der Waals surface area contributed by atoms with E-state index >= 15 is 0 Å². The smallest absolute Gasteiger partial charge is 0.166 e. The average molecular weight is 282 g/mol. The summed E-state index contributed by atoms with van der Waals surface area (Å²) in [7, 11) is 0. The van der Waals surface area contributed by atoms with E-state index in [9.17, 15) is 9.90 Å². The first-order valence-corrected chi connectivity index (χ1v) is 7.59. The van der Waals surface area contributed by atoms with Gasteiger partial charge < -0.3 is 5.11 Å². The number of Topliss-reactive ketones (excluding diaryl/α,β-unsaturated/α-hetero) is 1. The average Bonchev–Trinajstić information content (AvgIpc) is 2.53. The zero-order valence-corrected chi connectivity index (χ0v) is 12.9. The summed E-state index contributed by atoms with van der Waals surface area (Å²) in [5.74, 6) is 0.0671. The number of carbonyl (C=O) groups excluding carboxylic acids is 1. The summed E-state index contributed by atoms with van der Waals surface area (Å²) in [4.78, 5) is 11.9. The first-order valence-electron chi connectivity index (χ1n) is 7.59. The highest BCUT2D eigenvalue weighted by Gasteiger charge is 2.15. The summed E-state index contributed by atoms with van der Waals surface area (Å²) in [6.45, 7) is 6.01. The van der Waals surface area contributed by atoms with Gasteiger partial charge in [-0.15, -0.1) is 0 Å². The maximum Gasteiger partial charge on any atom is 0.166 e. The molecule has 0 aliphatic heterocycles. The molecule has 0 atom stereocenters. The Morgan fingerprint density at radius 1 is 0.952 bits per heavy atom.